The average Bonchev–Trinajstić information content (AvgIpc) is 2.23. The van der Waals surface area contributed by atoms with Crippen molar-refractivity contribution in [2.75, 3.05) is 32.8 Å². The highest BCUT2D eigenvalue weighted by Gasteiger charge is 2.34. The second kappa shape index (κ2) is 4.74. The van der Waals surface area contributed by atoms with E-state index >= 15 is 0 Å². The van der Waals surface area contributed by atoms with Crippen LogP contribution in [0.15, 0.2) is 0 Å². The Bertz CT molecular complexity index is 195. The fraction of sp³-hybridized carbons (Fsp3) is 1.00. The predicted octanol–water partition coefficient (Wildman–Crippen LogP) is 2.14. The molecule has 0 aromatic rings. The lowest BCUT2D eigenvalue weighted by Gasteiger charge is -2.35. The zero-order valence-corrected chi connectivity index (χ0v) is 9.05. The van der Waals surface area contributed by atoms with Crippen LogP contribution in [0.3, 0.4) is 0 Å². The first-order valence-electron chi connectivity index (χ1n) is 5.84. The van der Waals surface area contributed by atoms with Crippen LogP contribution >= 0.6 is 0 Å². The molecular weight excluding hydrogens is 200 g/mol. The first kappa shape index (κ1) is 11.3. The molecule has 0 saturated carbocycles. The molecule has 0 aliphatic carbocycles. The third-order valence-corrected chi connectivity index (χ3v) is 3.44. The van der Waals surface area contributed by atoms with Gasteiger partial charge in [-0.25, -0.2) is 8.78 Å². The highest BCUT2D eigenvalue weighted by atomic mass is 19.3. The van der Waals surface area contributed by atoms with E-state index in [0.29, 0.717) is 19.0 Å². The molecular formula is C11H19F2NO. The summed E-state index contributed by atoms with van der Waals surface area (Å²) in [6.07, 6.45) is 2.26. The molecule has 2 heterocycles. The van der Waals surface area contributed by atoms with E-state index in [4.69, 9.17) is 4.74 Å². The smallest absolute Gasteiger partial charge is 0.250 e. The Morgan fingerprint density at radius 2 is 1.73 bits per heavy atom. The molecule has 2 aliphatic rings. The van der Waals surface area contributed by atoms with Crippen molar-refractivity contribution in [3.63, 3.8) is 0 Å². The molecule has 0 bridgehead atoms. The van der Waals surface area contributed by atoms with Crippen molar-refractivity contribution in [1.29, 1.82) is 0 Å². The first-order valence-corrected chi connectivity index (χ1v) is 5.84. The number of likely N-dealkylation sites (tertiary alicyclic amines) is 1. The second-order valence-corrected chi connectivity index (χ2v) is 4.71. The maximum Gasteiger partial charge on any atom is 0.250 e. The molecule has 2 saturated heterocycles. The van der Waals surface area contributed by atoms with Crippen molar-refractivity contribution in [1.82, 2.24) is 4.90 Å². The lowest BCUT2D eigenvalue weighted by atomic mass is 9.98. The number of halogens is 2. The molecule has 0 atom stereocenters. The third kappa shape index (κ3) is 3.38. The van der Waals surface area contributed by atoms with Crippen LogP contribution in [0.25, 0.3) is 0 Å². The number of hydrogen-bond donors (Lipinski definition) is 0. The molecule has 2 rings (SSSR count). The van der Waals surface area contributed by atoms with Gasteiger partial charge < -0.3 is 9.64 Å². The van der Waals surface area contributed by atoms with E-state index in [2.05, 4.69) is 4.90 Å². The summed E-state index contributed by atoms with van der Waals surface area (Å²) in [5.74, 6) is -1.75. The Kier molecular flexibility index (Phi) is 3.57. The van der Waals surface area contributed by atoms with E-state index in [-0.39, 0.29) is 12.8 Å². The van der Waals surface area contributed by atoms with Crippen molar-refractivity contribution in [2.45, 2.75) is 31.6 Å². The Labute approximate surface area is 89.6 Å². The maximum atomic E-state index is 12.9. The number of ether oxygens (including phenoxy) is 1. The summed E-state index contributed by atoms with van der Waals surface area (Å²) in [6.45, 7) is 3.79. The molecule has 0 aromatic heterocycles. The quantitative estimate of drug-likeness (QED) is 0.705. The second-order valence-electron chi connectivity index (χ2n) is 4.71. The van der Waals surface area contributed by atoms with Gasteiger partial charge in [0, 0.05) is 45.7 Å². The lowest BCUT2D eigenvalue weighted by molar-refractivity contribution is -0.0602. The zero-order chi connectivity index (χ0) is 10.7. The largest absolute Gasteiger partial charge is 0.381 e. The Morgan fingerprint density at radius 1 is 1.13 bits per heavy atom. The Morgan fingerprint density at radius 3 is 2.33 bits per heavy atom. The molecule has 0 aromatic carbocycles. The maximum absolute atomic E-state index is 12.9. The first-order chi connectivity index (χ1) is 7.16. The van der Waals surface area contributed by atoms with Gasteiger partial charge in [0.05, 0.1) is 0 Å². The van der Waals surface area contributed by atoms with Crippen LogP contribution in [0, 0.1) is 5.92 Å². The zero-order valence-electron chi connectivity index (χ0n) is 9.05. The van der Waals surface area contributed by atoms with Crippen molar-refractivity contribution < 1.29 is 13.5 Å². The number of alkyl halides is 2. The topological polar surface area (TPSA) is 12.5 Å². The van der Waals surface area contributed by atoms with Gasteiger partial charge >= 0.3 is 0 Å². The monoisotopic (exact) mass is 219 g/mol. The van der Waals surface area contributed by atoms with Gasteiger partial charge in [-0.05, 0) is 18.8 Å². The molecule has 2 nitrogen and oxygen atoms in total. The summed E-state index contributed by atoms with van der Waals surface area (Å²) in [7, 11) is 0. The third-order valence-electron chi connectivity index (χ3n) is 3.44. The summed E-state index contributed by atoms with van der Waals surface area (Å²) in [5, 5.41) is 0. The number of rotatable bonds is 2. The summed E-state index contributed by atoms with van der Waals surface area (Å²) < 4.78 is 31.1. The number of hydrogen-bond acceptors (Lipinski definition) is 2. The molecule has 0 spiro atoms. The number of piperidine rings is 1. The molecule has 0 N–H and O–H groups in total. The van der Waals surface area contributed by atoms with E-state index in [1.807, 2.05) is 0 Å². The minimum atomic E-state index is -2.41. The van der Waals surface area contributed by atoms with E-state index in [1.165, 1.54) is 0 Å². The fourth-order valence-corrected chi connectivity index (χ4v) is 2.36. The van der Waals surface area contributed by atoms with Crippen LogP contribution in [0.2, 0.25) is 0 Å². The molecule has 2 fully saturated rings. The predicted molar refractivity (Wildman–Crippen MR) is 54.2 cm³/mol. The SMILES string of the molecule is FC1(F)CCN(CC2CCOCC2)CC1. The van der Waals surface area contributed by atoms with Gasteiger partial charge in [-0.3, -0.25) is 0 Å². The Balaban J connectivity index is 1.71. The normalized spacial score (nSPS) is 29.2. The van der Waals surface area contributed by atoms with Crippen LogP contribution in [0.1, 0.15) is 25.7 Å². The van der Waals surface area contributed by atoms with E-state index in [0.717, 1.165) is 32.6 Å². The summed E-state index contributed by atoms with van der Waals surface area (Å²) in [4.78, 5) is 2.19. The van der Waals surface area contributed by atoms with Crippen LogP contribution in [0.5, 0.6) is 0 Å². The molecule has 15 heavy (non-hydrogen) atoms. The van der Waals surface area contributed by atoms with E-state index < -0.39 is 5.92 Å². The van der Waals surface area contributed by atoms with Gasteiger partial charge in [0.25, 0.3) is 5.92 Å². The highest BCUT2D eigenvalue weighted by Crippen LogP contribution is 2.28. The standard InChI is InChI=1S/C11H19F2NO/c12-11(13)3-5-14(6-4-11)9-10-1-7-15-8-2-10/h10H,1-9H2. The van der Waals surface area contributed by atoms with Crippen molar-refractivity contribution in [3.05, 3.63) is 0 Å². The molecule has 0 unspecified atom stereocenters. The van der Waals surface area contributed by atoms with Gasteiger partial charge in [0.15, 0.2) is 0 Å². The van der Waals surface area contributed by atoms with Crippen molar-refractivity contribution in [3.8, 4) is 0 Å². The lowest BCUT2D eigenvalue weighted by Crippen LogP contribution is -2.42. The average molecular weight is 219 g/mol. The van der Waals surface area contributed by atoms with E-state index in [1.54, 1.807) is 0 Å². The minimum absolute atomic E-state index is 0.0379. The van der Waals surface area contributed by atoms with Crippen molar-refractivity contribution in [2.24, 2.45) is 5.92 Å². The molecule has 0 amide bonds. The van der Waals surface area contributed by atoms with Gasteiger partial charge in [0.2, 0.25) is 0 Å². The van der Waals surface area contributed by atoms with Gasteiger partial charge in [-0.2, -0.15) is 0 Å². The molecule has 4 heteroatoms. The van der Waals surface area contributed by atoms with Crippen LogP contribution in [-0.2, 0) is 4.74 Å². The van der Waals surface area contributed by atoms with Gasteiger partial charge in [0.1, 0.15) is 0 Å². The van der Waals surface area contributed by atoms with Crippen LogP contribution in [-0.4, -0.2) is 43.7 Å². The van der Waals surface area contributed by atoms with Gasteiger partial charge in [-0.1, -0.05) is 0 Å². The van der Waals surface area contributed by atoms with Crippen LogP contribution in [0.4, 0.5) is 8.78 Å². The van der Waals surface area contributed by atoms with Gasteiger partial charge in [-0.15, -0.1) is 0 Å². The van der Waals surface area contributed by atoms with Crippen molar-refractivity contribution >= 4 is 0 Å². The summed E-state index contributed by atoms with van der Waals surface area (Å²) >= 11 is 0. The minimum Gasteiger partial charge on any atom is -0.381 e. The van der Waals surface area contributed by atoms with E-state index in [9.17, 15) is 8.78 Å². The molecule has 0 radical (unpaired) electrons. The summed E-state index contributed by atoms with van der Waals surface area (Å²) in [5.41, 5.74) is 0. The highest BCUT2D eigenvalue weighted by molar-refractivity contribution is 4.79. The molecule has 2 aliphatic heterocycles. The number of nitrogens with zero attached hydrogens (tertiary/aromatic N) is 1. The molecule has 88 valence electrons. The summed E-state index contributed by atoms with van der Waals surface area (Å²) in [6, 6.07) is 0. The fourth-order valence-electron chi connectivity index (χ4n) is 2.36. The van der Waals surface area contributed by atoms with Crippen LogP contribution < -0.4 is 0 Å². The Hall–Kier alpha value is -0.220.